The average Bonchev–Trinajstić information content (AvgIpc) is 2.45. The second-order valence-electron chi connectivity index (χ2n) is 4.63. The molecule has 1 N–H and O–H groups in total. The van der Waals surface area contributed by atoms with E-state index in [-0.39, 0.29) is 0 Å². The molecular weight excluding hydrogens is 320 g/mol. The summed E-state index contributed by atoms with van der Waals surface area (Å²) in [6, 6.07) is 6.42. The van der Waals surface area contributed by atoms with Gasteiger partial charge in [0.2, 0.25) is 0 Å². The van der Waals surface area contributed by atoms with Gasteiger partial charge < -0.3 is 19.7 Å². The Morgan fingerprint density at radius 3 is 2.55 bits per heavy atom. The molecule has 0 aliphatic carbocycles. The zero-order valence-corrected chi connectivity index (χ0v) is 14.2. The SMILES string of the molecule is CNCc1ccc(Br)cc1N(CCCOC)CCOC. The lowest BCUT2D eigenvalue weighted by atomic mass is 10.1. The van der Waals surface area contributed by atoms with E-state index in [0.29, 0.717) is 0 Å². The van der Waals surface area contributed by atoms with Gasteiger partial charge in [0.05, 0.1) is 6.61 Å². The molecule has 114 valence electrons. The fourth-order valence-corrected chi connectivity index (χ4v) is 2.47. The first-order valence-corrected chi connectivity index (χ1v) is 7.68. The highest BCUT2D eigenvalue weighted by molar-refractivity contribution is 9.10. The summed E-state index contributed by atoms with van der Waals surface area (Å²) in [6.45, 7) is 4.20. The Morgan fingerprint density at radius 1 is 1.15 bits per heavy atom. The molecule has 0 aliphatic rings. The zero-order valence-electron chi connectivity index (χ0n) is 12.6. The molecule has 20 heavy (non-hydrogen) atoms. The maximum Gasteiger partial charge on any atom is 0.0637 e. The number of benzene rings is 1. The third-order valence-corrected chi connectivity index (χ3v) is 3.59. The normalized spacial score (nSPS) is 10.8. The number of ether oxygens (including phenoxy) is 2. The van der Waals surface area contributed by atoms with Gasteiger partial charge in [0, 0.05) is 50.6 Å². The van der Waals surface area contributed by atoms with Gasteiger partial charge in [0.25, 0.3) is 0 Å². The summed E-state index contributed by atoms with van der Waals surface area (Å²) in [5.41, 5.74) is 2.55. The maximum atomic E-state index is 5.23. The first kappa shape index (κ1) is 17.4. The predicted molar refractivity (Wildman–Crippen MR) is 87.5 cm³/mol. The molecule has 0 atom stereocenters. The van der Waals surface area contributed by atoms with E-state index in [1.807, 2.05) is 7.05 Å². The molecular formula is C15H25BrN2O2. The van der Waals surface area contributed by atoms with Crippen molar-refractivity contribution in [3.63, 3.8) is 0 Å². The van der Waals surface area contributed by atoms with Gasteiger partial charge in [-0.3, -0.25) is 0 Å². The summed E-state index contributed by atoms with van der Waals surface area (Å²) < 4.78 is 11.5. The van der Waals surface area contributed by atoms with E-state index in [1.54, 1.807) is 14.2 Å². The van der Waals surface area contributed by atoms with Crippen LogP contribution in [0.4, 0.5) is 5.69 Å². The summed E-state index contributed by atoms with van der Waals surface area (Å²) in [5, 5.41) is 3.22. The minimum Gasteiger partial charge on any atom is -0.385 e. The van der Waals surface area contributed by atoms with Crippen LogP contribution in [0.1, 0.15) is 12.0 Å². The van der Waals surface area contributed by atoms with Gasteiger partial charge in [-0.2, -0.15) is 0 Å². The molecule has 0 spiro atoms. The number of halogens is 1. The Bertz CT molecular complexity index is 388. The maximum absolute atomic E-state index is 5.23. The quantitative estimate of drug-likeness (QED) is 0.661. The number of nitrogens with one attached hydrogen (secondary N) is 1. The van der Waals surface area contributed by atoms with Crippen LogP contribution in [-0.2, 0) is 16.0 Å². The lowest BCUT2D eigenvalue weighted by Crippen LogP contribution is -2.30. The minimum absolute atomic E-state index is 0.721. The molecule has 0 fully saturated rings. The first-order chi connectivity index (χ1) is 9.72. The number of hydrogen-bond acceptors (Lipinski definition) is 4. The highest BCUT2D eigenvalue weighted by Crippen LogP contribution is 2.25. The van der Waals surface area contributed by atoms with E-state index in [2.05, 4.69) is 44.3 Å². The summed E-state index contributed by atoms with van der Waals surface area (Å²) >= 11 is 3.56. The van der Waals surface area contributed by atoms with Gasteiger partial charge in [-0.1, -0.05) is 22.0 Å². The van der Waals surface area contributed by atoms with Crippen LogP contribution >= 0.6 is 15.9 Å². The van der Waals surface area contributed by atoms with Crippen molar-refractivity contribution in [1.29, 1.82) is 0 Å². The number of methoxy groups -OCH3 is 2. The number of rotatable bonds is 10. The standard InChI is InChI=1S/C15H25BrN2O2/c1-17-12-13-5-6-14(16)11-15(13)18(8-10-20-3)7-4-9-19-2/h5-6,11,17H,4,7-10,12H2,1-3H3. The van der Waals surface area contributed by atoms with E-state index in [4.69, 9.17) is 9.47 Å². The molecule has 0 radical (unpaired) electrons. The van der Waals surface area contributed by atoms with Gasteiger partial charge >= 0.3 is 0 Å². The van der Waals surface area contributed by atoms with E-state index in [1.165, 1.54) is 11.3 Å². The molecule has 0 bridgehead atoms. The first-order valence-electron chi connectivity index (χ1n) is 6.88. The third-order valence-electron chi connectivity index (χ3n) is 3.10. The van der Waals surface area contributed by atoms with Crippen molar-refractivity contribution in [1.82, 2.24) is 5.32 Å². The zero-order chi connectivity index (χ0) is 14.8. The fraction of sp³-hybridized carbons (Fsp3) is 0.600. The molecule has 0 aliphatic heterocycles. The molecule has 0 saturated heterocycles. The Hall–Kier alpha value is -0.620. The molecule has 0 amide bonds. The summed E-state index contributed by atoms with van der Waals surface area (Å²) in [6.07, 6.45) is 1.01. The van der Waals surface area contributed by atoms with Crippen molar-refractivity contribution in [2.45, 2.75) is 13.0 Å². The number of nitrogens with zero attached hydrogens (tertiary/aromatic N) is 1. The lowest BCUT2D eigenvalue weighted by molar-refractivity contribution is 0.191. The topological polar surface area (TPSA) is 33.7 Å². The summed E-state index contributed by atoms with van der Waals surface area (Å²) in [4.78, 5) is 2.36. The van der Waals surface area contributed by atoms with Crippen LogP contribution in [0, 0.1) is 0 Å². The Morgan fingerprint density at radius 2 is 1.90 bits per heavy atom. The van der Waals surface area contributed by atoms with Gasteiger partial charge in [0.15, 0.2) is 0 Å². The number of anilines is 1. The Labute approximate surface area is 130 Å². The van der Waals surface area contributed by atoms with Crippen molar-refractivity contribution < 1.29 is 9.47 Å². The van der Waals surface area contributed by atoms with E-state index in [9.17, 15) is 0 Å². The Kier molecular flexibility index (Phi) is 8.85. The number of hydrogen-bond donors (Lipinski definition) is 1. The monoisotopic (exact) mass is 344 g/mol. The molecule has 1 rings (SSSR count). The van der Waals surface area contributed by atoms with E-state index < -0.39 is 0 Å². The van der Waals surface area contributed by atoms with E-state index in [0.717, 1.165) is 43.7 Å². The van der Waals surface area contributed by atoms with Gasteiger partial charge in [-0.05, 0) is 31.2 Å². The smallest absolute Gasteiger partial charge is 0.0637 e. The molecule has 0 heterocycles. The van der Waals surface area contributed by atoms with Crippen LogP contribution in [0.25, 0.3) is 0 Å². The fourth-order valence-electron chi connectivity index (χ4n) is 2.13. The molecule has 0 saturated carbocycles. The van der Waals surface area contributed by atoms with Crippen molar-refractivity contribution in [2.24, 2.45) is 0 Å². The molecule has 5 heteroatoms. The van der Waals surface area contributed by atoms with Crippen LogP contribution in [0.5, 0.6) is 0 Å². The average molecular weight is 345 g/mol. The van der Waals surface area contributed by atoms with Crippen LogP contribution in [-0.4, -0.2) is 47.6 Å². The van der Waals surface area contributed by atoms with Crippen LogP contribution in [0.15, 0.2) is 22.7 Å². The molecule has 4 nitrogen and oxygen atoms in total. The van der Waals surface area contributed by atoms with Gasteiger partial charge in [0.1, 0.15) is 0 Å². The molecule has 1 aromatic carbocycles. The van der Waals surface area contributed by atoms with Gasteiger partial charge in [-0.25, -0.2) is 0 Å². The van der Waals surface area contributed by atoms with Crippen LogP contribution in [0.3, 0.4) is 0 Å². The molecule has 1 aromatic rings. The third kappa shape index (κ3) is 5.79. The second kappa shape index (κ2) is 10.2. The van der Waals surface area contributed by atoms with Crippen molar-refractivity contribution in [3.8, 4) is 0 Å². The predicted octanol–water partition coefficient (Wildman–Crippen LogP) is 2.66. The van der Waals surface area contributed by atoms with Crippen molar-refractivity contribution in [2.75, 3.05) is 52.5 Å². The summed E-state index contributed by atoms with van der Waals surface area (Å²) in [5.74, 6) is 0. The van der Waals surface area contributed by atoms with Crippen molar-refractivity contribution >= 4 is 21.6 Å². The van der Waals surface area contributed by atoms with Crippen molar-refractivity contribution in [3.05, 3.63) is 28.2 Å². The lowest BCUT2D eigenvalue weighted by Gasteiger charge is -2.27. The molecule has 0 unspecified atom stereocenters. The molecule has 0 aromatic heterocycles. The summed E-state index contributed by atoms with van der Waals surface area (Å²) in [7, 11) is 5.45. The minimum atomic E-state index is 0.721. The Balaban J connectivity index is 2.88. The van der Waals surface area contributed by atoms with Crippen LogP contribution in [0.2, 0.25) is 0 Å². The highest BCUT2D eigenvalue weighted by atomic mass is 79.9. The largest absolute Gasteiger partial charge is 0.385 e. The highest BCUT2D eigenvalue weighted by Gasteiger charge is 2.11. The van der Waals surface area contributed by atoms with E-state index >= 15 is 0 Å². The van der Waals surface area contributed by atoms with Gasteiger partial charge in [-0.15, -0.1) is 0 Å². The second-order valence-corrected chi connectivity index (χ2v) is 5.55. The van der Waals surface area contributed by atoms with Crippen LogP contribution < -0.4 is 10.2 Å².